The Morgan fingerprint density at radius 3 is 3.06 bits per heavy atom. The second-order valence-electron chi connectivity index (χ2n) is 5.03. The van der Waals surface area contributed by atoms with E-state index in [1.165, 1.54) is 30.2 Å². The fourth-order valence-corrected chi connectivity index (χ4v) is 2.60. The Morgan fingerprint density at radius 1 is 1.39 bits per heavy atom. The number of anilines is 1. The first kappa shape index (κ1) is 11.3. The van der Waals surface area contributed by atoms with Gasteiger partial charge in [0, 0.05) is 6.04 Å². The van der Waals surface area contributed by atoms with Gasteiger partial charge in [-0.15, -0.1) is 5.10 Å². The first-order valence-corrected chi connectivity index (χ1v) is 6.45. The van der Waals surface area contributed by atoms with Gasteiger partial charge in [0.25, 0.3) is 0 Å². The summed E-state index contributed by atoms with van der Waals surface area (Å²) in [5.41, 5.74) is 0.243. The fourth-order valence-electron chi connectivity index (χ4n) is 2.60. The van der Waals surface area contributed by atoms with Crippen LogP contribution in [0, 0.1) is 5.92 Å². The van der Waals surface area contributed by atoms with E-state index in [0.717, 1.165) is 5.82 Å². The van der Waals surface area contributed by atoms with Crippen LogP contribution in [0.3, 0.4) is 0 Å². The fraction of sp³-hybridized carbons (Fsp3) is 0.583. The van der Waals surface area contributed by atoms with Crippen molar-refractivity contribution in [1.82, 2.24) is 19.8 Å². The van der Waals surface area contributed by atoms with Crippen molar-refractivity contribution in [1.29, 1.82) is 0 Å². The normalized spacial score (nSPS) is 24.3. The Morgan fingerprint density at radius 2 is 2.22 bits per heavy atom. The molecule has 96 valence electrons. The van der Waals surface area contributed by atoms with Crippen LogP contribution in [0.1, 0.15) is 32.6 Å². The van der Waals surface area contributed by atoms with E-state index in [9.17, 15) is 4.79 Å². The van der Waals surface area contributed by atoms with E-state index >= 15 is 0 Å². The van der Waals surface area contributed by atoms with Gasteiger partial charge in [-0.3, -0.25) is 0 Å². The third-order valence-electron chi connectivity index (χ3n) is 3.72. The first-order valence-electron chi connectivity index (χ1n) is 6.45. The summed E-state index contributed by atoms with van der Waals surface area (Å²) < 4.78 is 1.29. The van der Waals surface area contributed by atoms with Gasteiger partial charge in [-0.05, 0) is 30.9 Å². The second-order valence-corrected chi connectivity index (χ2v) is 5.03. The van der Waals surface area contributed by atoms with Crippen LogP contribution in [0.15, 0.2) is 16.9 Å². The van der Waals surface area contributed by atoms with Gasteiger partial charge in [0.15, 0.2) is 5.65 Å². The van der Waals surface area contributed by atoms with Gasteiger partial charge >= 0.3 is 5.69 Å². The molecule has 18 heavy (non-hydrogen) atoms. The molecule has 3 rings (SSSR count). The zero-order valence-corrected chi connectivity index (χ0v) is 10.4. The van der Waals surface area contributed by atoms with E-state index in [1.807, 2.05) is 6.07 Å². The largest absolute Gasteiger partial charge is 0.366 e. The molecule has 0 bridgehead atoms. The zero-order valence-electron chi connectivity index (χ0n) is 10.4. The monoisotopic (exact) mass is 247 g/mol. The Hall–Kier alpha value is -1.85. The van der Waals surface area contributed by atoms with Crippen molar-refractivity contribution in [2.75, 3.05) is 5.32 Å². The molecule has 0 amide bonds. The van der Waals surface area contributed by atoms with Gasteiger partial charge < -0.3 is 5.32 Å². The summed E-state index contributed by atoms with van der Waals surface area (Å²) in [4.78, 5) is 11.4. The van der Waals surface area contributed by atoms with Crippen molar-refractivity contribution in [3.63, 3.8) is 0 Å². The van der Waals surface area contributed by atoms with Gasteiger partial charge in [-0.1, -0.05) is 19.8 Å². The summed E-state index contributed by atoms with van der Waals surface area (Å²) in [6, 6.07) is 4.11. The molecular formula is C12H17N5O. The maximum atomic E-state index is 11.4. The Balaban J connectivity index is 1.85. The van der Waals surface area contributed by atoms with E-state index < -0.39 is 0 Å². The van der Waals surface area contributed by atoms with Crippen LogP contribution in [0.4, 0.5) is 5.82 Å². The number of nitrogens with zero attached hydrogens (tertiary/aromatic N) is 3. The third-order valence-corrected chi connectivity index (χ3v) is 3.72. The molecule has 2 unspecified atom stereocenters. The van der Waals surface area contributed by atoms with E-state index in [-0.39, 0.29) is 5.69 Å². The van der Waals surface area contributed by atoms with Gasteiger partial charge in [0.05, 0.1) is 0 Å². The van der Waals surface area contributed by atoms with Crippen LogP contribution in [0.5, 0.6) is 0 Å². The van der Waals surface area contributed by atoms with Crippen LogP contribution in [-0.4, -0.2) is 25.9 Å². The van der Waals surface area contributed by atoms with E-state index in [0.29, 0.717) is 17.6 Å². The summed E-state index contributed by atoms with van der Waals surface area (Å²) in [6.07, 6.45) is 5.00. The molecule has 2 N–H and O–H groups in total. The molecule has 0 saturated heterocycles. The van der Waals surface area contributed by atoms with E-state index in [1.54, 1.807) is 6.07 Å². The number of rotatable bonds is 2. The molecule has 2 atom stereocenters. The highest BCUT2D eigenvalue weighted by Crippen LogP contribution is 2.26. The summed E-state index contributed by atoms with van der Waals surface area (Å²) in [6.45, 7) is 2.26. The number of aromatic nitrogens is 4. The predicted molar refractivity (Wildman–Crippen MR) is 68.7 cm³/mol. The number of hydrogen-bond donors (Lipinski definition) is 2. The minimum absolute atomic E-state index is 0.301. The Kier molecular flexibility index (Phi) is 2.77. The predicted octanol–water partition coefficient (Wildman–Crippen LogP) is 1.41. The maximum Gasteiger partial charge on any atom is 0.364 e. The van der Waals surface area contributed by atoms with E-state index in [2.05, 4.69) is 27.5 Å². The topological polar surface area (TPSA) is 75.1 Å². The van der Waals surface area contributed by atoms with Crippen LogP contribution in [0.25, 0.3) is 5.65 Å². The van der Waals surface area contributed by atoms with E-state index in [4.69, 9.17) is 0 Å². The minimum atomic E-state index is -0.301. The maximum absolute atomic E-state index is 11.4. The van der Waals surface area contributed by atoms with Crippen LogP contribution < -0.4 is 11.0 Å². The highest BCUT2D eigenvalue weighted by atomic mass is 16.2. The molecule has 6 nitrogen and oxygen atoms in total. The molecule has 6 heteroatoms. The summed E-state index contributed by atoms with van der Waals surface area (Å²) in [7, 11) is 0. The Bertz CT molecular complexity index is 602. The third kappa shape index (κ3) is 1.98. The Labute approximate surface area is 104 Å². The molecule has 1 aliphatic carbocycles. The van der Waals surface area contributed by atoms with Crippen LogP contribution in [0.2, 0.25) is 0 Å². The molecule has 2 aromatic rings. The quantitative estimate of drug-likeness (QED) is 0.841. The molecular weight excluding hydrogens is 230 g/mol. The molecule has 1 fully saturated rings. The molecule has 2 aromatic heterocycles. The lowest BCUT2D eigenvalue weighted by Crippen LogP contribution is -2.31. The molecule has 1 saturated carbocycles. The number of fused-ring (bicyclic) bond motifs is 1. The van der Waals surface area contributed by atoms with Crippen molar-refractivity contribution in [3.05, 3.63) is 22.6 Å². The van der Waals surface area contributed by atoms with Crippen molar-refractivity contribution in [2.45, 2.75) is 38.6 Å². The zero-order chi connectivity index (χ0) is 12.5. The highest BCUT2D eigenvalue weighted by molar-refractivity contribution is 5.43. The lowest BCUT2D eigenvalue weighted by Gasteiger charge is -2.29. The van der Waals surface area contributed by atoms with Crippen molar-refractivity contribution >= 4 is 11.5 Å². The standard InChI is InChI=1S/C12H17N5O/c1-8-4-2-3-5-9(8)13-10-6-7-11-14-15-12(18)17(11)16-10/h6-9H,2-5H2,1H3,(H,13,16)(H,15,18). The average Bonchev–Trinajstić information content (AvgIpc) is 2.74. The molecule has 0 spiro atoms. The molecule has 2 heterocycles. The number of nitrogens with one attached hydrogen (secondary N) is 2. The number of H-pyrrole nitrogens is 1. The number of hydrogen-bond acceptors (Lipinski definition) is 4. The van der Waals surface area contributed by atoms with Gasteiger partial charge in [-0.25, -0.2) is 9.89 Å². The molecule has 1 aliphatic rings. The summed E-state index contributed by atoms with van der Waals surface area (Å²) >= 11 is 0. The summed E-state index contributed by atoms with van der Waals surface area (Å²) in [5, 5.41) is 13.9. The lowest BCUT2D eigenvalue weighted by molar-refractivity contribution is 0.348. The van der Waals surface area contributed by atoms with Crippen molar-refractivity contribution in [3.8, 4) is 0 Å². The lowest BCUT2D eigenvalue weighted by atomic mass is 9.86. The van der Waals surface area contributed by atoms with Gasteiger partial charge in [-0.2, -0.15) is 9.61 Å². The molecule has 0 radical (unpaired) electrons. The summed E-state index contributed by atoms with van der Waals surface area (Å²) in [5.74, 6) is 1.39. The minimum Gasteiger partial charge on any atom is -0.366 e. The van der Waals surface area contributed by atoms with Crippen LogP contribution >= 0.6 is 0 Å². The number of aromatic amines is 1. The van der Waals surface area contributed by atoms with Gasteiger partial charge in [0.2, 0.25) is 0 Å². The van der Waals surface area contributed by atoms with Crippen molar-refractivity contribution < 1.29 is 0 Å². The van der Waals surface area contributed by atoms with Gasteiger partial charge in [0.1, 0.15) is 5.82 Å². The second kappa shape index (κ2) is 4.44. The highest BCUT2D eigenvalue weighted by Gasteiger charge is 2.21. The SMILES string of the molecule is CC1CCCCC1Nc1ccc2n[nH]c(=O)n2n1. The van der Waals surface area contributed by atoms with Crippen LogP contribution in [-0.2, 0) is 0 Å². The first-order chi connectivity index (χ1) is 8.74. The van der Waals surface area contributed by atoms with Crippen molar-refractivity contribution in [2.24, 2.45) is 5.92 Å². The smallest absolute Gasteiger partial charge is 0.364 e. The average molecular weight is 247 g/mol. The molecule has 0 aliphatic heterocycles. The molecule has 0 aromatic carbocycles.